The Morgan fingerprint density at radius 1 is 1.60 bits per heavy atom. The summed E-state index contributed by atoms with van der Waals surface area (Å²) in [6, 6.07) is 1.50. The summed E-state index contributed by atoms with van der Waals surface area (Å²) in [5.74, 6) is -1.63. The van der Waals surface area contributed by atoms with E-state index >= 15 is 0 Å². The molecule has 0 aliphatic rings. The van der Waals surface area contributed by atoms with Crippen LogP contribution < -0.4 is 11.1 Å². The van der Waals surface area contributed by atoms with Gasteiger partial charge < -0.3 is 16.2 Å². The SMILES string of the molecule is CCC(O)CCNC(=O)c1cc(F)cc([N+](=O)[O-])c1N. The largest absolute Gasteiger partial charge is 0.393 e. The van der Waals surface area contributed by atoms with Crippen molar-refractivity contribution < 1.29 is 19.2 Å². The third-order valence-electron chi connectivity index (χ3n) is 2.80. The lowest BCUT2D eigenvalue weighted by Crippen LogP contribution is -2.28. The maximum Gasteiger partial charge on any atom is 0.295 e. The van der Waals surface area contributed by atoms with Gasteiger partial charge in [0, 0.05) is 6.54 Å². The van der Waals surface area contributed by atoms with Gasteiger partial charge in [-0.25, -0.2) is 4.39 Å². The highest BCUT2D eigenvalue weighted by Gasteiger charge is 2.21. The van der Waals surface area contributed by atoms with E-state index in [9.17, 15) is 24.4 Å². The number of amides is 1. The normalized spacial score (nSPS) is 11.9. The fourth-order valence-corrected chi connectivity index (χ4v) is 1.59. The molecular weight excluding hydrogens is 269 g/mol. The molecule has 4 N–H and O–H groups in total. The molecule has 0 heterocycles. The first-order valence-electron chi connectivity index (χ1n) is 6.06. The van der Waals surface area contributed by atoms with Crippen LogP contribution in [0.25, 0.3) is 0 Å². The van der Waals surface area contributed by atoms with Crippen molar-refractivity contribution in [3.8, 4) is 0 Å². The van der Waals surface area contributed by atoms with E-state index in [1.807, 2.05) is 0 Å². The van der Waals surface area contributed by atoms with Gasteiger partial charge in [-0.2, -0.15) is 0 Å². The first-order valence-corrected chi connectivity index (χ1v) is 6.06. The summed E-state index contributed by atoms with van der Waals surface area (Å²) in [6.45, 7) is 1.96. The summed E-state index contributed by atoms with van der Waals surface area (Å²) in [4.78, 5) is 21.6. The molecule has 0 fully saturated rings. The van der Waals surface area contributed by atoms with Crippen LogP contribution in [0.2, 0.25) is 0 Å². The molecule has 1 atom stereocenters. The van der Waals surface area contributed by atoms with Crippen LogP contribution in [-0.4, -0.2) is 28.6 Å². The fourth-order valence-electron chi connectivity index (χ4n) is 1.59. The van der Waals surface area contributed by atoms with Crippen LogP contribution in [0.4, 0.5) is 15.8 Å². The third kappa shape index (κ3) is 3.89. The van der Waals surface area contributed by atoms with Crippen LogP contribution >= 0.6 is 0 Å². The summed E-state index contributed by atoms with van der Waals surface area (Å²) in [6.07, 6.45) is 0.331. The number of hydrogen-bond donors (Lipinski definition) is 3. The molecule has 0 bridgehead atoms. The fraction of sp³-hybridized carbons (Fsp3) is 0.417. The van der Waals surface area contributed by atoms with Gasteiger partial charge in [-0.3, -0.25) is 14.9 Å². The molecule has 0 saturated carbocycles. The van der Waals surface area contributed by atoms with Crippen molar-refractivity contribution in [2.45, 2.75) is 25.9 Å². The van der Waals surface area contributed by atoms with Crippen LogP contribution in [0.1, 0.15) is 30.1 Å². The number of carbonyl (C=O) groups is 1. The molecule has 1 aromatic carbocycles. The number of nitrogens with one attached hydrogen (secondary N) is 1. The van der Waals surface area contributed by atoms with Gasteiger partial charge in [-0.1, -0.05) is 6.92 Å². The molecule has 1 unspecified atom stereocenters. The van der Waals surface area contributed by atoms with Crippen molar-refractivity contribution >= 4 is 17.3 Å². The quantitative estimate of drug-likeness (QED) is 0.412. The Bertz CT molecular complexity index is 522. The Morgan fingerprint density at radius 3 is 2.80 bits per heavy atom. The number of nitrogen functional groups attached to an aromatic ring is 1. The lowest BCUT2D eigenvalue weighted by atomic mass is 10.1. The zero-order chi connectivity index (χ0) is 15.3. The monoisotopic (exact) mass is 285 g/mol. The highest BCUT2D eigenvalue weighted by Crippen LogP contribution is 2.26. The number of rotatable bonds is 6. The van der Waals surface area contributed by atoms with E-state index in [0.29, 0.717) is 18.9 Å². The van der Waals surface area contributed by atoms with Gasteiger partial charge in [0.05, 0.1) is 22.7 Å². The molecule has 7 nitrogen and oxygen atoms in total. The second-order valence-electron chi connectivity index (χ2n) is 4.25. The summed E-state index contributed by atoms with van der Waals surface area (Å²) < 4.78 is 13.3. The van der Waals surface area contributed by atoms with Crippen molar-refractivity contribution in [2.24, 2.45) is 0 Å². The molecular formula is C12H16FN3O4. The predicted molar refractivity (Wildman–Crippen MR) is 70.7 cm³/mol. The average molecular weight is 285 g/mol. The lowest BCUT2D eigenvalue weighted by molar-refractivity contribution is -0.384. The van der Waals surface area contributed by atoms with E-state index in [1.54, 1.807) is 6.92 Å². The molecule has 0 radical (unpaired) electrons. The summed E-state index contributed by atoms with van der Waals surface area (Å²) >= 11 is 0. The number of benzene rings is 1. The second-order valence-corrected chi connectivity index (χ2v) is 4.25. The van der Waals surface area contributed by atoms with Gasteiger partial charge in [0.2, 0.25) is 0 Å². The standard InChI is InChI=1S/C12H16FN3O4/c1-2-8(17)3-4-15-12(18)9-5-7(13)6-10(11(9)14)16(19)20/h5-6,8,17H,2-4,14H2,1H3,(H,15,18). The number of anilines is 1. The van der Waals surface area contributed by atoms with Gasteiger partial charge in [0.1, 0.15) is 11.5 Å². The number of aliphatic hydroxyl groups is 1. The minimum absolute atomic E-state index is 0.164. The number of nitrogens with zero attached hydrogens (tertiary/aromatic N) is 1. The van der Waals surface area contributed by atoms with Crippen molar-refractivity contribution in [1.29, 1.82) is 0 Å². The first kappa shape index (κ1) is 15.8. The van der Waals surface area contributed by atoms with Gasteiger partial charge >= 0.3 is 0 Å². The van der Waals surface area contributed by atoms with Crippen molar-refractivity contribution in [1.82, 2.24) is 5.32 Å². The molecule has 1 aromatic rings. The Balaban J connectivity index is 2.85. The molecule has 0 aliphatic heterocycles. The number of nitro benzene ring substituents is 1. The highest BCUT2D eigenvalue weighted by molar-refractivity contribution is 6.01. The minimum Gasteiger partial charge on any atom is -0.393 e. The molecule has 110 valence electrons. The number of carbonyl (C=O) groups excluding carboxylic acids is 1. The Morgan fingerprint density at radius 2 is 2.25 bits per heavy atom. The average Bonchev–Trinajstić information content (AvgIpc) is 2.40. The number of halogens is 1. The number of nitro groups is 1. The second kappa shape index (κ2) is 6.80. The van der Waals surface area contributed by atoms with Crippen LogP contribution in [-0.2, 0) is 0 Å². The van der Waals surface area contributed by atoms with Crippen LogP contribution in [0, 0.1) is 15.9 Å². The smallest absolute Gasteiger partial charge is 0.295 e. The highest BCUT2D eigenvalue weighted by atomic mass is 19.1. The van der Waals surface area contributed by atoms with Gasteiger partial charge in [0.25, 0.3) is 11.6 Å². The molecule has 0 saturated heterocycles. The Labute approximate surface area is 114 Å². The minimum atomic E-state index is -0.912. The molecule has 0 spiro atoms. The number of hydrogen-bond acceptors (Lipinski definition) is 5. The number of nitrogens with two attached hydrogens (primary N) is 1. The van der Waals surface area contributed by atoms with Gasteiger partial charge in [0.15, 0.2) is 0 Å². The van der Waals surface area contributed by atoms with Crippen LogP contribution in [0.3, 0.4) is 0 Å². The van der Waals surface area contributed by atoms with E-state index in [-0.39, 0.29) is 17.8 Å². The molecule has 20 heavy (non-hydrogen) atoms. The maximum absolute atomic E-state index is 13.3. The third-order valence-corrected chi connectivity index (χ3v) is 2.80. The Hall–Kier alpha value is -2.22. The molecule has 1 amide bonds. The zero-order valence-corrected chi connectivity index (χ0v) is 10.9. The predicted octanol–water partition coefficient (Wildman–Crippen LogP) is 1.21. The molecule has 0 aliphatic carbocycles. The van der Waals surface area contributed by atoms with Crippen LogP contribution in [0.5, 0.6) is 0 Å². The van der Waals surface area contributed by atoms with E-state index in [1.165, 1.54) is 0 Å². The van der Waals surface area contributed by atoms with E-state index in [2.05, 4.69) is 5.32 Å². The van der Waals surface area contributed by atoms with E-state index in [4.69, 9.17) is 5.73 Å². The topological polar surface area (TPSA) is 118 Å². The zero-order valence-electron chi connectivity index (χ0n) is 10.9. The molecule has 1 rings (SSSR count). The first-order chi connectivity index (χ1) is 9.36. The summed E-state index contributed by atoms with van der Waals surface area (Å²) in [7, 11) is 0. The van der Waals surface area contributed by atoms with E-state index < -0.39 is 28.4 Å². The maximum atomic E-state index is 13.3. The van der Waals surface area contributed by atoms with Gasteiger partial charge in [-0.15, -0.1) is 0 Å². The van der Waals surface area contributed by atoms with Crippen LogP contribution in [0.15, 0.2) is 12.1 Å². The lowest BCUT2D eigenvalue weighted by Gasteiger charge is -2.10. The van der Waals surface area contributed by atoms with Crippen molar-refractivity contribution in [3.05, 3.63) is 33.6 Å². The van der Waals surface area contributed by atoms with Crippen molar-refractivity contribution in [3.63, 3.8) is 0 Å². The van der Waals surface area contributed by atoms with E-state index in [0.717, 1.165) is 6.07 Å². The van der Waals surface area contributed by atoms with Crippen molar-refractivity contribution in [2.75, 3.05) is 12.3 Å². The Kier molecular flexibility index (Phi) is 5.39. The number of aliphatic hydroxyl groups excluding tert-OH is 1. The molecule has 8 heteroatoms. The van der Waals surface area contributed by atoms with Gasteiger partial charge in [-0.05, 0) is 18.9 Å². The molecule has 0 aromatic heterocycles. The summed E-state index contributed by atoms with van der Waals surface area (Å²) in [5, 5.41) is 22.4. The summed E-state index contributed by atoms with van der Waals surface area (Å²) in [5.41, 5.74) is 4.17.